The van der Waals surface area contributed by atoms with Gasteiger partial charge in [0.05, 0.1) is 25.5 Å². The quantitative estimate of drug-likeness (QED) is 0.867. The first-order valence-corrected chi connectivity index (χ1v) is 6.61. The Morgan fingerprint density at radius 2 is 2.11 bits per heavy atom. The van der Waals surface area contributed by atoms with Crippen LogP contribution in [0.1, 0.15) is 5.56 Å². The fourth-order valence-corrected chi connectivity index (χ4v) is 2.27. The van der Waals surface area contributed by atoms with E-state index in [1.807, 2.05) is 29.0 Å². The summed E-state index contributed by atoms with van der Waals surface area (Å²) in [6.07, 6.45) is 0. The van der Waals surface area contributed by atoms with E-state index in [0.29, 0.717) is 32.0 Å². The van der Waals surface area contributed by atoms with E-state index in [1.54, 1.807) is 6.07 Å². The van der Waals surface area contributed by atoms with Gasteiger partial charge in [0.1, 0.15) is 5.82 Å². The first kappa shape index (κ1) is 14.2. The van der Waals surface area contributed by atoms with Crippen molar-refractivity contribution in [1.29, 1.82) is 0 Å². The summed E-state index contributed by atoms with van der Waals surface area (Å²) in [4.78, 5) is 3.98. The Kier molecular flexibility index (Phi) is 5.13. The van der Waals surface area contributed by atoms with E-state index in [4.69, 9.17) is 9.84 Å². The minimum absolute atomic E-state index is 0.116. The molecule has 1 aliphatic heterocycles. The van der Waals surface area contributed by atoms with Gasteiger partial charge < -0.3 is 14.7 Å². The van der Waals surface area contributed by atoms with Crippen molar-refractivity contribution < 1.29 is 14.2 Å². The van der Waals surface area contributed by atoms with Gasteiger partial charge in [0, 0.05) is 26.2 Å². The van der Waals surface area contributed by atoms with Gasteiger partial charge in [-0.1, -0.05) is 6.07 Å². The molecule has 2 rings (SSSR count). The summed E-state index contributed by atoms with van der Waals surface area (Å²) < 4.78 is 19.4. The van der Waals surface area contributed by atoms with Gasteiger partial charge in [-0.25, -0.2) is 4.39 Å². The average molecular weight is 268 g/mol. The van der Waals surface area contributed by atoms with Crippen LogP contribution in [0.2, 0.25) is 0 Å². The van der Waals surface area contributed by atoms with Crippen LogP contribution in [0.5, 0.6) is 0 Å². The molecule has 1 N–H and O–H groups in total. The largest absolute Gasteiger partial charge is 0.395 e. The Hall–Kier alpha value is -1.17. The Balaban J connectivity index is 2.03. The second-order valence-corrected chi connectivity index (χ2v) is 4.85. The third kappa shape index (κ3) is 3.89. The molecular weight excluding hydrogens is 247 g/mol. The zero-order valence-electron chi connectivity index (χ0n) is 11.3. The summed E-state index contributed by atoms with van der Waals surface area (Å²) in [7, 11) is 1.91. The van der Waals surface area contributed by atoms with Crippen molar-refractivity contribution in [3.8, 4) is 0 Å². The molecule has 0 radical (unpaired) electrons. The van der Waals surface area contributed by atoms with E-state index in [0.717, 1.165) is 18.7 Å². The number of halogens is 1. The van der Waals surface area contributed by atoms with Gasteiger partial charge in [-0.3, -0.25) is 4.90 Å². The molecule has 0 saturated carbocycles. The molecule has 0 aromatic heterocycles. The van der Waals surface area contributed by atoms with Gasteiger partial charge in [0.2, 0.25) is 0 Å². The number of ether oxygens (including phenoxy) is 1. The molecular formula is C14H21FN2O2. The lowest BCUT2D eigenvalue weighted by molar-refractivity contribution is 0.122. The molecule has 0 spiro atoms. The van der Waals surface area contributed by atoms with Crippen LogP contribution in [0, 0.1) is 5.82 Å². The maximum absolute atomic E-state index is 14.1. The van der Waals surface area contributed by atoms with Gasteiger partial charge in [-0.05, 0) is 24.7 Å². The monoisotopic (exact) mass is 268 g/mol. The molecule has 1 aromatic rings. The van der Waals surface area contributed by atoms with Crippen LogP contribution in [0.4, 0.5) is 10.1 Å². The van der Waals surface area contributed by atoms with Gasteiger partial charge in [0.25, 0.3) is 0 Å². The highest BCUT2D eigenvalue weighted by Crippen LogP contribution is 2.22. The van der Waals surface area contributed by atoms with Gasteiger partial charge in [-0.2, -0.15) is 0 Å². The zero-order chi connectivity index (χ0) is 13.7. The molecule has 1 heterocycles. The molecule has 1 fully saturated rings. The summed E-state index contributed by atoms with van der Waals surface area (Å²) >= 11 is 0. The number of benzene rings is 1. The van der Waals surface area contributed by atoms with E-state index >= 15 is 0 Å². The average Bonchev–Trinajstić information content (AvgIpc) is 2.40. The Labute approximate surface area is 113 Å². The maximum Gasteiger partial charge on any atom is 0.146 e. The highest BCUT2D eigenvalue weighted by atomic mass is 19.1. The lowest BCUT2D eigenvalue weighted by Gasteiger charge is -2.29. The standard InChI is InChI=1S/C14H21FN2O2/c1-16(4-7-18)11-12-2-3-14(13(15)10-12)17-5-8-19-9-6-17/h2-3,10,18H,4-9,11H2,1H3. The number of aliphatic hydroxyl groups excluding tert-OH is 1. The van der Waals surface area contributed by atoms with Crippen LogP contribution in [0.25, 0.3) is 0 Å². The molecule has 19 heavy (non-hydrogen) atoms. The fraction of sp³-hybridized carbons (Fsp3) is 0.571. The van der Waals surface area contributed by atoms with Crippen molar-refractivity contribution in [3.05, 3.63) is 29.6 Å². The van der Waals surface area contributed by atoms with Crippen LogP contribution in [0.3, 0.4) is 0 Å². The minimum Gasteiger partial charge on any atom is -0.395 e. The first-order chi connectivity index (χ1) is 9.20. The Bertz CT molecular complexity index is 408. The third-order valence-electron chi connectivity index (χ3n) is 3.30. The fourth-order valence-electron chi connectivity index (χ4n) is 2.27. The molecule has 0 aliphatic carbocycles. The van der Waals surface area contributed by atoms with Crippen molar-refractivity contribution in [1.82, 2.24) is 4.90 Å². The molecule has 4 nitrogen and oxygen atoms in total. The lowest BCUT2D eigenvalue weighted by atomic mass is 10.1. The van der Waals surface area contributed by atoms with E-state index in [2.05, 4.69) is 0 Å². The molecule has 1 aliphatic rings. The van der Waals surface area contributed by atoms with E-state index in [9.17, 15) is 4.39 Å². The van der Waals surface area contributed by atoms with Crippen LogP contribution >= 0.6 is 0 Å². The van der Waals surface area contributed by atoms with Crippen molar-refractivity contribution >= 4 is 5.69 Å². The molecule has 0 unspecified atom stereocenters. The lowest BCUT2D eigenvalue weighted by Crippen LogP contribution is -2.36. The SMILES string of the molecule is CN(CCO)Cc1ccc(N2CCOCC2)c(F)c1. The second-order valence-electron chi connectivity index (χ2n) is 4.85. The highest BCUT2D eigenvalue weighted by Gasteiger charge is 2.15. The smallest absolute Gasteiger partial charge is 0.146 e. The Morgan fingerprint density at radius 1 is 1.37 bits per heavy atom. The zero-order valence-corrected chi connectivity index (χ0v) is 11.3. The van der Waals surface area contributed by atoms with Gasteiger partial charge >= 0.3 is 0 Å². The number of nitrogens with zero attached hydrogens (tertiary/aromatic N) is 2. The van der Waals surface area contributed by atoms with Crippen LogP contribution in [-0.2, 0) is 11.3 Å². The second kappa shape index (κ2) is 6.84. The van der Waals surface area contributed by atoms with Crippen molar-refractivity contribution in [2.45, 2.75) is 6.54 Å². The highest BCUT2D eigenvalue weighted by molar-refractivity contribution is 5.49. The van der Waals surface area contributed by atoms with Crippen LogP contribution in [0.15, 0.2) is 18.2 Å². The molecule has 0 bridgehead atoms. The number of anilines is 1. The van der Waals surface area contributed by atoms with Crippen LogP contribution in [-0.4, -0.2) is 56.5 Å². The molecule has 0 atom stereocenters. The summed E-state index contributed by atoms with van der Waals surface area (Å²) in [5.41, 5.74) is 1.57. The first-order valence-electron chi connectivity index (χ1n) is 6.61. The van der Waals surface area contributed by atoms with Crippen molar-refractivity contribution in [3.63, 3.8) is 0 Å². The predicted molar refractivity (Wildman–Crippen MR) is 72.9 cm³/mol. The maximum atomic E-state index is 14.1. The number of hydrogen-bond donors (Lipinski definition) is 1. The van der Waals surface area contributed by atoms with E-state index in [-0.39, 0.29) is 12.4 Å². The van der Waals surface area contributed by atoms with Gasteiger partial charge in [-0.15, -0.1) is 0 Å². The number of likely N-dealkylation sites (N-methyl/N-ethyl adjacent to an activating group) is 1. The summed E-state index contributed by atoms with van der Waals surface area (Å²) in [5, 5.41) is 8.85. The summed E-state index contributed by atoms with van der Waals surface area (Å²) in [5.74, 6) is -0.184. The summed E-state index contributed by atoms with van der Waals surface area (Å²) in [6, 6.07) is 5.36. The predicted octanol–water partition coefficient (Wildman–Crippen LogP) is 1.09. The number of morpholine rings is 1. The number of rotatable bonds is 5. The van der Waals surface area contributed by atoms with E-state index in [1.165, 1.54) is 0 Å². The van der Waals surface area contributed by atoms with E-state index < -0.39 is 0 Å². The molecule has 106 valence electrons. The normalized spacial score (nSPS) is 16.1. The Morgan fingerprint density at radius 3 is 2.74 bits per heavy atom. The molecule has 1 aromatic carbocycles. The third-order valence-corrected chi connectivity index (χ3v) is 3.30. The number of hydrogen-bond acceptors (Lipinski definition) is 4. The molecule has 0 amide bonds. The minimum atomic E-state index is -0.184. The summed E-state index contributed by atoms with van der Waals surface area (Å²) in [6.45, 7) is 4.13. The van der Waals surface area contributed by atoms with Gasteiger partial charge in [0.15, 0.2) is 0 Å². The topological polar surface area (TPSA) is 35.9 Å². The van der Waals surface area contributed by atoms with Crippen molar-refractivity contribution in [2.24, 2.45) is 0 Å². The number of aliphatic hydroxyl groups is 1. The van der Waals surface area contributed by atoms with Crippen LogP contribution < -0.4 is 4.90 Å². The van der Waals surface area contributed by atoms with Crippen molar-refractivity contribution in [2.75, 3.05) is 51.4 Å². The molecule has 5 heteroatoms. The molecule has 1 saturated heterocycles.